The summed E-state index contributed by atoms with van der Waals surface area (Å²) in [7, 11) is 0. The Balaban J connectivity index is 1.58. The summed E-state index contributed by atoms with van der Waals surface area (Å²) in [6.45, 7) is 20.2. The molecule has 0 spiro atoms. The van der Waals surface area contributed by atoms with Gasteiger partial charge in [-0.05, 0) is 104 Å². The lowest BCUT2D eigenvalue weighted by Gasteiger charge is -2.23. The largest absolute Gasteiger partial charge is 0.493 e. The van der Waals surface area contributed by atoms with Crippen LogP contribution in [0.4, 0.5) is 0 Å². The van der Waals surface area contributed by atoms with Crippen LogP contribution in [0, 0.1) is 27.7 Å². The van der Waals surface area contributed by atoms with Crippen LogP contribution in [0.3, 0.4) is 0 Å². The van der Waals surface area contributed by atoms with Crippen molar-refractivity contribution in [2.75, 3.05) is 26.4 Å². The molecule has 0 bridgehead atoms. The third-order valence-electron chi connectivity index (χ3n) is 9.13. The number of esters is 2. The Morgan fingerprint density at radius 2 is 1.08 bits per heavy atom. The van der Waals surface area contributed by atoms with Gasteiger partial charge in [0.05, 0.1) is 26.4 Å². The minimum Gasteiger partial charge on any atom is -0.493 e. The topological polar surface area (TPSA) is 71.1 Å². The third-order valence-corrected chi connectivity index (χ3v) is 9.13. The summed E-state index contributed by atoms with van der Waals surface area (Å²) in [5.41, 5.74) is 14.3. The first-order chi connectivity index (χ1) is 23.5. The van der Waals surface area contributed by atoms with Crippen molar-refractivity contribution in [3.05, 3.63) is 118 Å². The first kappa shape index (κ1) is 35.2. The zero-order valence-electron chi connectivity index (χ0n) is 29.6. The Morgan fingerprint density at radius 1 is 0.592 bits per heavy atom. The van der Waals surface area contributed by atoms with Crippen molar-refractivity contribution in [1.29, 1.82) is 0 Å². The summed E-state index contributed by atoms with van der Waals surface area (Å²) in [5, 5.41) is 0. The van der Waals surface area contributed by atoms with Crippen molar-refractivity contribution in [3.8, 4) is 44.9 Å². The Labute approximate surface area is 290 Å². The quantitative estimate of drug-likeness (QED) is 0.0672. The van der Waals surface area contributed by atoms with Gasteiger partial charge in [0.2, 0.25) is 0 Å². The first-order valence-electron chi connectivity index (χ1n) is 16.9. The molecule has 0 aliphatic heterocycles. The fraction of sp³-hybridized carbons (Fsp3) is 0.302. The summed E-state index contributed by atoms with van der Waals surface area (Å²) in [6, 6.07) is 21.6. The van der Waals surface area contributed by atoms with E-state index in [1.54, 1.807) is 13.8 Å². The summed E-state index contributed by atoms with van der Waals surface area (Å²) in [4.78, 5) is 23.8. The Bertz CT molecular complexity index is 1930. The van der Waals surface area contributed by atoms with Crippen LogP contribution in [-0.2, 0) is 25.5 Å². The fourth-order valence-corrected chi connectivity index (χ4v) is 6.15. The first-order valence-corrected chi connectivity index (χ1v) is 16.9. The van der Waals surface area contributed by atoms with Gasteiger partial charge in [0.25, 0.3) is 0 Å². The highest BCUT2D eigenvalue weighted by Gasteiger charge is 2.28. The zero-order valence-corrected chi connectivity index (χ0v) is 29.6. The average molecular weight is 659 g/mol. The molecule has 0 fully saturated rings. The molecule has 5 rings (SSSR count). The van der Waals surface area contributed by atoms with Crippen LogP contribution in [-0.4, -0.2) is 38.4 Å². The third kappa shape index (κ3) is 7.64. The average Bonchev–Trinajstić information content (AvgIpc) is 3.46. The number of benzene rings is 4. The molecule has 0 aromatic heterocycles. The highest BCUT2D eigenvalue weighted by molar-refractivity contribution is 5.97. The molecule has 4 aromatic carbocycles. The van der Waals surface area contributed by atoms with Crippen molar-refractivity contribution < 1.29 is 28.5 Å². The summed E-state index contributed by atoms with van der Waals surface area (Å²) < 4.78 is 23.7. The number of carbonyl (C=O) groups is 2. The van der Waals surface area contributed by atoms with Crippen LogP contribution < -0.4 is 9.47 Å². The van der Waals surface area contributed by atoms with E-state index in [-0.39, 0.29) is 13.2 Å². The smallest absolute Gasteiger partial charge is 0.333 e. The summed E-state index contributed by atoms with van der Waals surface area (Å²) in [5.74, 6) is 0.849. The Hall–Kier alpha value is -5.10. The van der Waals surface area contributed by atoms with Crippen LogP contribution in [0.25, 0.3) is 33.4 Å². The number of carbonyl (C=O) groups excluding carboxylic acids is 2. The predicted molar refractivity (Wildman–Crippen MR) is 196 cm³/mol. The molecule has 6 heteroatoms. The number of hydrogen-bond donors (Lipinski definition) is 0. The van der Waals surface area contributed by atoms with Crippen molar-refractivity contribution in [2.24, 2.45) is 0 Å². The lowest BCUT2D eigenvalue weighted by atomic mass is 9.85. The molecule has 0 saturated heterocycles. The monoisotopic (exact) mass is 658 g/mol. The van der Waals surface area contributed by atoms with E-state index < -0.39 is 11.9 Å². The van der Waals surface area contributed by atoms with Gasteiger partial charge in [-0.3, -0.25) is 0 Å². The Kier molecular flexibility index (Phi) is 11.1. The van der Waals surface area contributed by atoms with Gasteiger partial charge >= 0.3 is 11.9 Å². The summed E-state index contributed by atoms with van der Waals surface area (Å²) >= 11 is 0. The Morgan fingerprint density at radius 3 is 1.65 bits per heavy atom. The van der Waals surface area contributed by atoms with Gasteiger partial charge in [-0.2, -0.15) is 0 Å². The van der Waals surface area contributed by atoms with Gasteiger partial charge in [-0.1, -0.05) is 73.8 Å². The highest BCUT2D eigenvalue weighted by Crippen LogP contribution is 2.50. The van der Waals surface area contributed by atoms with E-state index in [0.29, 0.717) is 37.2 Å². The number of rotatable bonds is 14. The van der Waals surface area contributed by atoms with E-state index in [2.05, 4.69) is 102 Å². The SMILES string of the molecule is C=C(C)C(=O)OCCCOc1c(-c2ccc3c(c2-c2ccc(C)c(C)c2OCCCOC(=O)C(=C)C)Cc2ccccc2-3)ccc(C)c1C. The molecule has 254 valence electrons. The molecule has 1 aliphatic carbocycles. The van der Waals surface area contributed by atoms with Gasteiger partial charge in [0, 0.05) is 35.1 Å². The van der Waals surface area contributed by atoms with Crippen LogP contribution in [0.2, 0.25) is 0 Å². The maximum absolute atomic E-state index is 11.9. The van der Waals surface area contributed by atoms with Crippen molar-refractivity contribution in [1.82, 2.24) is 0 Å². The molecule has 0 N–H and O–H groups in total. The maximum Gasteiger partial charge on any atom is 0.333 e. The normalized spacial score (nSPS) is 11.4. The fourth-order valence-electron chi connectivity index (χ4n) is 6.15. The predicted octanol–water partition coefficient (Wildman–Crippen LogP) is 9.60. The van der Waals surface area contributed by atoms with Gasteiger partial charge in [-0.15, -0.1) is 0 Å². The second kappa shape index (κ2) is 15.4. The lowest BCUT2D eigenvalue weighted by molar-refractivity contribution is -0.140. The molecule has 0 radical (unpaired) electrons. The molecule has 4 aromatic rings. The van der Waals surface area contributed by atoms with Crippen LogP contribution in [0.15, 0.2) is 85.0 Å². The van der Waals surface area contributed by atoms with Gasteiger partial charge in [0.1, 0.15) is 11.5 Å². The lowest BCUT2D eigenvalue weighted by Crippen LogP contribution is -2.10. The van der Waals surface area contributed by atoms with E-state index >= 15 is 0 Å². The van der Waals surface area contributed by atoms with E-state index in [1.807, 2.05) is 0 Å². The van der Waals surface area contributed by atoms with E-state index in [4.69, 9.17) is 18.9 Å². The standard InChI is InChI=1S/C43H46O6/c1-26(2)42(44)48-23-11-21-46-40-30(7)28(5)15-17-36(40)35-20-19-34-33-14-10-9-13-32(33)25-38(34)39(35)37-18-16-29(6)31(8)41(37)47-22-12-24-49-43(45)27(3)4/h9-10,13-20H,1,3,11-12,21-25H2,2,4-8H3. The van der Waals surface area contributed by atoms with Crippen LogP contribution in [0.5, 0.6) is 11.5 Å². The molecule has 0 heterocycles. The van der Waals surface area contributed by atoms with E-state index in [9.17, 15) is 9.59 Å². The van der Waals surface area contributed by atoms with Crippen molar-refractivity contribution in [2.45, 2.75) is 60.8 Å². The van der Waals surface area contributed by atoms with E-state index in [0.717, 1.165) is 62.4 Å². The molecule has 0 amide bonds. The second-order valence-corrected chi connectivity index (χ2v) is 12.9. The summed E-state index contributed by atoms with van der Waals surface area (Å²) in [6.07, 6.45) is 1.90. The van der Waals surface area contributed by atoms with Crippen LogP contribution >= 0.6 is 0 Å². The molecule has 0 saturated carbocycles. The van der Waals surface area contributed by atoms with Gasteiger partial charge in [0.15, 0.2) is 0 Å². The number of aryl methyl sites for hydroxylation is 2. The molecule has 6 nitrogen and oxygen atoms in total. The molecule has 1 aliphatic rings. The number of ether oxygens (including phenoxy) is 4. The zero-order chi connectivity index (χ0) is 35.2. The maximum atomic E-state index is 11.9. The number of fused-ring (bicyclic) bond motifs is 3. The minimum absolute atomic E-state index is 0.253. The number of hydrogen-bond acceptors (Lipinski definition) is 6. The van der Waals surface area contributed by atoms with Crippen molar-refractivity contribution in [3.63, 3.8) is 0 Å². The van der Waals surface area contributed by atoms with E-state index in [1.165, 1.54) is 22.3 Å². The minimum atomic E-state index is -0.393. The van der Waals surface area contributed by atoms with Gasteiger partial charge < -0.3 is 18.9 Å². The molecule has 49 heavy (non-hydrogen) atoms. The van der Waals surface area contributed by atoms with Crippen LogP contribution in [0.1, 0.15) is 60.1 Å². The molecular formula is C43H46O6. The molecule has 0 unspecified atom stereocenters. The second-order valence-electron chi connectivity index (χ2n) is 12.9. The molecular weight excluding hydrogens is 612 g/mol. The van der Waals surface area contributed by atoms with Crippen molar-refractivity contribution >= 4 is 11.9 Å². The highest BCUT2D eigenvalue weighted by atomic mass is 16.5. The molecule has 0 atom stereocenters. The van der Waals surface area contributed by atoms with Gasteiger partial charge in [-0.25, -0.2) is 9.59 Å².